The summed E-state index contributed by atoms with van der Waals surface area (Å²) in [4.78, 5) is 22.7. The maximum absolute atomic E-state index is 11.8. The molecule has 0 aliphatic heterocycles. The average Bonchev–Trinajstić information content (AvgIpc) is 2.73. The molecular weight excluding hydrogens is 282 g/mol. The van der Waals surface area contributed by atoms with E-state index in [2.05, 4.69) is 10.4 Å². The average molecular weight is 294 g/mol. The molecule has 0 bridgehead atoms. The van der Waals surface area contributed by atoms with Crippen LogP contribution in [-0.2, 0) is 11.3 Å². The largest absolute Gasteiger partial charge is 0.478 e. The predicted molar refractivity (Wildman–Crippen MR) is 74.0 cm³/mol. The van der Waals surface area contributed by atoms with Crippen LogP contribution in [0.2, 0.25) is 5.02 Å². The Kier molecular flexibility index (Phi) is 4.05. The lowest BCUT2D eigenvalue weighted by Crippen LogP contribution is -2.19. The van der Waals surface area contributed by atoms with Gasteiger partial charge in [0.2, 0.25) is 5.91 Å². The van der Waals surface area contributed by atoms with Crippen LogP contribution < -0.4 is 5.32 Å². The van der Waals surface area contributed by atoms with Gasteiger partial charge in [-0.2, -0.15) is 5.10 Å². The summed E-state index contributed by atoms with van der Waals surface area (Å²) in [5, 5.41) is 16.1. The van der Waals surface area contributed by atoms with Crippen LogP contribution in [0.4, 0.5) is 5.69 Å². The van der Waals surface area contributed by atoms with Gasteiger partial charge in [0, 0.05) is 16.9 Å². The van der Waals surface area contributed by atoms with E-state index in [9.17, 15) is 9.59 Å². The molecule has 0 aliphatic rings. The van der Waals surface area contributed by atoms with Crippen molar-refractivity contribution in [3.05, 3.63) is 46.7 Å². The number of halogens is 1. The number of hydrogen-bond acceptors (Lipinski definition) is 3. The molecule has 20 heavy (non-hydrogen) atoms. The smallest absolute Gasteiger partial charge is 0.339 e. The zero-order valence-corrected chi connectivity index (χ0v) is 11.4. The number of hydrogen-bond donors (Lipinski definition) is 2. The van der Waals surface area contributed by atoms with Crippen LogP contribution in [0.25, 0.3) is 0 Å². The fraction of sp³-hybridized carbons (Fsp3) is 0.154. The number of aryl methyl sites for hydroxylation is 1. The Hall–Kier alpha value is -2.34. The number of carbonyl (C=O) groups is 2. The number of nitrogens with zero attached hydrogens (tertiary/aromatic N) is 2. The standard InChI is InChI=1S/C13H12ClN3O3/c1-8-11(13(19)20)6-17(16-8)7-12(18)15-10-4-2-9(14)3-5-10/h2-6H,7H2,1H3,(H,15,18)(H,19,20). The minimum absolute atomic E-state index is 0.0588. The van der Waals surface area contributed by atoms with Crippen LogP contribution in [0.3, 0.4) is 0 Å². The minimum Gasteiger partial charge on any atom is -0.478 e. The summed E-state index contributed by atoms with van der Waals surface area (Å²) < 4.78 is 1.30. The van der Waals surface area contributed by atoms with Gasteiger partial charge in [-0.05, 0) is 31.2 Å². The van der Waals surface area contributed by atoms with Gasteiger partial charge in [-0.15, -0.1) is 0 Å². The van der Waals surface area contributed by atoms with E-state index in [0.717, 1.165) is 0 Å². The lowest BCUT2D eigenvalue weighted by molar-refractivity contribution is -0.116. The zero-order chi connectivity index (χ0) is 14.7. The van der Waals surface area contributed by atoms with Crippen molar-refractivity contribution in [2.45, 2.75) is 13.5 Å². The fourth-order valence-electron chi connectivity index (χ4n) is 1.69. The van der Waals surface area contributed by atoms with E-state index in [-0.39, 0.29) is 18.0 Å². The molecular formula is C13H12ClN3O3. The Morgan fingerprint density at radius 3 is 2.55 bits per heavy atom. The summed E-state index contributed by atoms with van der Waals surface area (Å²) >= 11 is 5.75. The predicted octanol–water partition coefficient (Wildman–Crippen LogP) is 2.18. The Balaban J connectivity index is 2.03. The van der Waals surface area contributed by atoms with Gasteiger partial charge in [0.05, 0.1) is 5.69 Å². The van der Waals surface area contributed by atoms with Crippen LogP contribution in [-0.4, -0.2) is 26.8 Å². The molecule has 0 aliphatic carbocycles. The summed E-state index contributed by atoms with van der Waals surface area (Å²) in [5.41, 5.74) is 1.07. The third-order valence-electron chi connectivity index (χ3n) is 2.61. The molecule has 2 aromatic rings. The first-order valence-corrected chi connectivity index (χ1v) is 6.16. The van der Waals surface area contributed by atoms with Crippen molar-refractivity contribution in [1.82, 2.24) is 9.78 Å². The second-order valence-electron chi connectivity index (χ2n) is 4.19. The van der Waals surface area contributed by atoms with E-state index in [0.29, 0.717) is 16.4 Å². The Bertz CT molecular complexity index is 649. The van der Waals surface area contributed by atoms with Gasteiger partial charge in [0.15, 0.2) is 0 Å². The minimum atomic E-state index is -1.06. The highest BCUT2D eigenvalue weighted by molar-refractivity contribution is 6.30. The zero-order valence-electron chi connectivity index (χ0n) is 10.6. The first kappa shape index (κ1) is 14.1. The van der Waals surface area contributed by atoms with E-state index in [1.54, 1.807) is 31.2 Å². The van der Waals surface area contributed by atoms with Crippen LogP contribution in [0, 0.1) is 6.92 Å². The van der Waals surface area contributed by atoms with E-state index < -0.39 is 5.97 Å². The molecule has 0 saturated carbocycles. The monoisotopic (exact) mass is 293 g/mol. The summed E-state index contributed by atoms with van der Waals surface area (Å²) in [6.07, 6.45) is 1.33. The summed E-state index contributed by atoms with van der Waals surface area (Å²) in [7, 11) is 0. The van der Waals surface area contributed by atoms with Crippen molar-refractivity contribution >= 4 is 29.2 Å². The van der Waals surface area contributed by atoms with E-state index in [1.807, 2.05) is 0 Å². The van der Waals surface area contributed by atoms with Crippen molar-refractivity contribution in [1.29, 1.82) is 0 Å². The molecule has 0 radical (unpaired) electrons. The molecule has 1 amide bonds. The van der Waals surface area contributed by atoms with Crippen molar-refractivity contribution in [3.63, 3.8) is 0 Å². The molecule has 0 unspecified atom stereocenters. The fourth-order valence-corrected chi connectivity index (χ4v) is 1.82. The Labute approximate surface area is 120 Å². The highest BCUT2D eigenvalue weighted by atomic mass is 35.5. The first-order chi connectivity index (χ1) is 9.45. The topological polar surface area (TPSA) is 84.2 Å². The molecule has 7 heteroatoms. The van der Waals surface area contributed by atoms with Crippen molar-refractivity contribution in [2.24, 2.45) is 0 Å². The normalized spacial score (nSPS) is 10.3. The molecule has 6 nitrogen and oxygen atoms in total. The number of carbonyl (C=O) groups excluding carboxylic acids is 1. The molecule has 1 aromatic heterocycles. The van der Waals surface area contributed by atoms with Gasteiger partial charge in [0.25, 0.3) is 0 Å². The highest BCUT2D eigenvalue weighted by Crippen LogP contribution is 2.13. The van der Waals surface area contributed by atoms with Crippen molar-refractivity contribution in [3.8, 4) is 0 Å². The van der Waals surface area contributed by atoms with E-state index >= 15 is 0 Å². The van der Waals surface area contributed by atoms with E-state index in [1.165, 1.54) is 10.9 Å². The molecule has 1 heterocycles. The number of aromatic nitrogens is 2. The number of amides is 1. The Morgan fingerprint density at radius 1 is 1.35 bits per heavy atom. The lowest BCUT2D eigenvalue weighted by Gasteiger charge is -2.05. The Morgan fingerprint density at radius 2 is 2.00 bits per heavy atom. The van der Waals surface area contributed by atoms with Gasteiger partial charge in [-0.3, -0.25) is 9.48 Å². The van der Waals surface area contributed by atoms with Crippen LogP contribution >= 0.6 is 11.6 Å². The van der Waals surface area contributed by atoms with Gasteiger partial charge in [0.1, 0.15) is 12.1 Å². The molecule has 2 rings (SSSR count). The van der Waals surface area contributed by atoms with Gasteiger partial charge >= 0.3 is 5.97 Å². The summed E-state index contributed by atoms with van der Waals surface area (Å²) in [6.45, 7) is 1.52. The molecule has 0 spiro atoms. The molecule has 0 fully saturated rings. The lowest BCUT2D eigenvalue weighted by atomic mass is 10.3. The number of carboxylic acid groups (broad SMARTS) is 1. The molecule has 2 N–H and O–H groups in total. The molecule has 0 saturated heterocycles. The molecule has 1 aromatic carbocycles. The second-order valence-corrected chi connectivity index (χ2v) is 4.62. The van der Waals surface area contributed by atoms with Crippen LogP contribution in [0.15, 0.2) is 30.5 Å². The van der Waals surface area contributed by atoms with E-state index in [4.69, 9.17) is 16.7 Å². The maximum Gasteiger partial charge on any atom is 0.339 e. The number of benzene rings is 1. The van der Waals surface area contributed by atoms with Crippen molar-refractivity contribution < 1.29 is 14.7 Å². The first-order valence-electron chi connectivity index (χ1n) is 5.78. The third kappa shape index (κ3) is 3.36. The summed E-state index contributed by atoms with van der Waals surface area (Å²) in [5.74, 6) is -1.36. The summed E-state index contributed by atoms with van der Waals surface area (Å²) in [6, 6.07) is 6.68. The quantitative estimate of drug-likeness (QED) is 0.905. The van der Waals surface area contributed by atoms with Gasteiger partial charge in [-0.25, -0.2) is 4.79 Å². The number of anilines is 1. The number of nitrogens with one attached hydrogen (secondary N) is 1. The molecule has 0 atom stereocenters. The number of aromatic carboxylic acids is 1. The molecule has 104 valence electrons. The third-order valence-corrected chi connectivity index (χ3v) is 2.86. The number of carboxylic acids is 1. The van der Waals surface area contributed by atoms with Crippen molar-refractivity contribution in [2.75, 3.05) is 5.32 Å². The van der Waals surface area contributed by atoms with Crippen LogP contribution in [0.5, 0.6) is 0 Å². The number of rotatable bonds is 4. The maximum atomic E-state index is 11.8. The SMILES string of the molecule is Cc1nn(CC(=O)Nc2ccc(Cl)cc2)cc1C(=O)O. The second kappa shape index (κ2) is 5.75. The van der Waals surface area contributed by atoms with Gasteiger partial charge in [-0.1, -0.05) is 11.6 Å². The van der Waals surface area contributed by atoms with Crippen LogP contribution in [0.1, 0.15) is 16.1 Å². The highest BCUT2D eigenvalue weighted by Gasteiger charge is 2.13. The van der Waals surface area contributed by atoms with Gasteiger partial charge < -0.3 is 10.4 Å².